The van der Waals surface area contributed by atoms with Gasteiger partial charge in [0, 0.05) is 29.7 Å². The van der Waals surface area contributed by atoms with Crippen LogP contribution in [0.2, 0.25) is 10.0 Å². The highest BCUT2D eigenvalue weighted by Crippen LogP contribution is 2.10. The average Bonchev–Trinajstić information content (AvgIpc) is 2.82. The largest absolute Gasteiger partial charge is 0.280 e. The van der Waals surface area contributed by atoms with Crippen molar-refractivity contribution in [2.75, 3.05) is 14.1 Å². The van der Waals surface area contributed by atoms with Crippen LogP contribution in [0.1, 0.15) is 21.5 Å². The Balaban J connectivity index is 1.87. The molecule has 3 aromatic rings. The molecule has 0 saturated heterocycles. The Morgan fingerprint density at radius 3 is 1.59 bits per heavy atom. The van der Waals surface area contributed by atoms with Gasteiger partial charge in [0.1, 0.15) is 0 Å². The van der Waals surface area contributed by atoms with Crippen LogP contribution in [-0.4, -0.2) is 48.4 Å². The third kappa shape index (κ3) is 6.77. The molecule has 1 amide bonds. The first-order valence-corrected chi connectivity index (χ1v) is 10.4. The number of hydrogen-bond donors (Lipinski definition) is 0. The molecule has 8 heteroatoms. The lowest BCUT2D eigenvalue weighted by Gasteiger charge is -2.21. The summed E-state index contributed by atoms with van der Waals surface area (Å²) >= 11 is 11.9. The Hall–Kier alpha value is -3.48. The molecule has 0 aliphatic rings. The lowest BCUT2D eigenvalue weighted by Crippen LogP contribution is -2.35. The summed E-state index contributed by atoms with van der Waals surface area (Å²) in [5, 5.41) is 13.1. The number of aliphatic imine (C=N–C) groups is 1. The zero-order valence-corrected chi connectivity index (χ0v) is 19.1. The van der Waals surface area contributed by atoms with Gasteiger partial charge in [0.15, 0.2) is 0 Å². The Labute approximate surface area is 197 Å². The molecule has 0 heterocycles. The first-order chi connectivity index (χ1) is 15.4. The van der Waals surface area contributed by atoms with Crippen molar-refractivity contribution in [3.8, 4) is 0 Å². The fraction of sp³-hybridized carbons (Fsp3) is 0.0833. The molecule has 3 rings (SSSR count). The molecule has 0 fully saturated rings. The van der Waals surface area contributed by atoms with Crippen molar-refractivity contribution in [1.29, 1.82) is 0 Å². The summed E-state index contributed by atoms with van der Waals surface area (Å²) in [6, 6.07) is 23.3. The topological polar surface area (TPSA) is 60.6 Å². The van der Waals surface area contributed by atoms with Crippen molar-refractivity contribution in [2.24, 2.45) is 15.2 Å². The van der Waals surface area contributed by atoms with Crippen LogP contribution < -0.4 is 0 Å². The van der Waals surface area contributed by atoms with Crippen molar-refractivity contribution >= 4 is 47.5 Å². The van der Waals surface area contributed by atoms with Gasteiger partial charge >= 0.3 is 0 Å². The Morgan fingerprint density at radius 1 is 0.719 bits per heavy atom. The lowest BCUT2D eigenvalue weighted by atomic mass is 10.2. The first kappa shape index (κ1) is 23.2. The van der Waals surface area contributed by atoms with Crippen molar-refractivity contribution in [1.82, 2.24) is 10.0 Å². The van der Waals surface area contributed by atoms with Crippen LogP contribution in [-0.2, 0) is 0 Å². The first-order valence-electron chi connectivity index (χ1n) is 9.67. The number of nitrogens with zero attached hydrogens (tertiary/aromatic N) is 5. The normalized spacial score (nSPS) is 11.0. The van der Waals surface area contributed by atoms with Crippen molar-refractivity contribution < 1.29 is 4.79 Å². The third-order valence-corrected chi connectivity index (χ3v) is 4.81. The quantitative estimate of drug-likeness (QED) is 0.287. The smallest absolute Gasteiger partial charge is 0.267 e. The monoisotopic (exact) mass is 465 g/mol. The van der Waals surface area contributed by atoms with E-state index in [0.717, 1.165) is 11.1 Å². The molecule has 0 aliphatic heterocycles. The molecule has 0 spiro atoms. The summed E-state index contributed by atoms with van der Waals surface area (Å²) in [6.45, 7) is 0. The number of carbonyl (C=O) groups excluding carboxylic acids is 1. The van der Waals surface area contributed by atoms with Gasteiger partial charge in [0.25, 0.3) is 5.91 Å². The number of amides is 1. The molecule has 32 heavy (non-hydrogen) atoms. The lowest BCUT2D eigenvalue weighted by molar-refractivity contribution is 0.0999. The molecule has 0 radical (unpaired) electrons. The van der Waals surface area contributed by atoms with Crippen LogP contribution in [0.25, 0.3) is 0 Å². The number of hydrazone groups is 2. The molecule has 0 aliphatic carbocycles. The minimum absolute atomic E-state index is 0.245. The number of carbonyl (C=O) groups is 1. The van der Waals surface area contributed by atoms with E-state index < -0.39 is 5.91 Å². The minimum atomic E-state index is -0.400. The van der Waals surface area contributed by atoms with E-state index in [1.807, 2.05) is 30.3 Å². The molecule has 162 valence electrons. The molecule has 0 N–H and O–H groups in total. The van der Waals surface area contributed by atoms with Gasteiger partial charge in [-0.15, -0.1) is 0 Å². The van der Waals surface area contributed by atoms with Gasteiger partial charge < -0.3 is 0 Å². The van der Waals surface area contributed by atoms with Gasteiger partial charge in [0.05, 0.1) is 12.4 Å². The van der Waals surface area contributed by atoms with Crippen molar-refractivity contribution in [3.63, 3.8) is 0 Å². The van der Waals surface area contributed by atoms with Crippen LogP contribution >= 0.6 is 23.2 Å². The summed E-state index contributed by atoms with van der Waals surface area (Å²) in [4.78, 5) is 17.0. The zero-order valence-electron chi connectivity index (χ0n) is 17.6. The minimum Gasteiger partial charge on any atom is -0.267 e. The third-order valence-electron chi connectivity index (χ3n) is 4.30. The summed E-state index contributed by atoms with van der Waals surface area (Å²) in [5.41, 5.74) is 2.17. The number of rotatable bonds is 5. The van der Waals surface area contributed by atoms with Gasteiger partial charge in [-0.05, 0) is 47.5 Å². The Bertz CT molecular complexity index is 1060. The van der Waals surface area contributed by atoms with Crippen LogP contribution in [0.15, 0.2) is 94.1 Å². The average molecular weight is 466 g/mol. The van der Waals surface area contributed by atoms with Crippen LogP contribution in [0.3, 0.4) is 0 Å². The second-order valence-corrected chi connectivity index (χ2v) is 7.60. The second kappa shape index (κ2) is 11.2. The molecule has 0 atom stereocenters. The second-order valence-electron chi connectivity index (χ2n) is 6.72. The molecular weight excluding hydrogens is 445 g/mol. The fourth-order valence-corrected chi connectivity index (χ4v) is 2.85. The summed E-state index contributed by atoms with van der Waals surface area (Å²) in [6.07, 6.45) is 3.30. The summed E-state index contributed by atoms with van der Waals surface area (Å²) < 4.78 is 0. The highest BCUT2D eigenvalue weighted by atomic mass is 35.5. The van der Waals surface area contributed by atoms with Gasteiger partial charge in [-0.2, -0.15) is 15.2 Å². The number of hydrogen-bond acceptors (Lipinski definition) is 3. The van der Waals surface area contributed by atoms with Gasteiger partial charge in [-0.3, -0.25) is 4.79 Å². The standard InChI is InChI=1S/C24H21Cl2N5O/c1-30(27-16-18-8-12-21(25)13-9-18)24(29-23(32)20-6-4-3-5-7-20)31(2)28-17-19-10-14-22(26)15-11-19/h3-17H,1-2H3/b27-16+,28-17+. The summed E-state index contributed by atoms with van der Waals surface area (Å²) in [5.74, 6) is -0.156. The molecule has 0 aromatic heterocycles. The maximum atomic E-state index is 12.7. The summed E-state index contributed by atoms with van der Waals surface area (Å²) in [7, 11) is 3.38. The maximum Gasteiger partial charge on any atom is 0.280 e. The Kier molecular flexibility index (Phi) is 8.14. The molecule has 6 nitrogen and oxygen atoms in total. The number of halogens is 2. The van der Waals surface area contributed by atoms with Crippen LogP contribution in [0.5, 0.6) is 0 Å². The molecule has 3 aromatic carbocycles. The van der Waals surface area contributed by atoms with Gasteiger partial charge in [-0.25, -0.2) is 10.0 Å². The van der Waals surface area contributed by atoms with Crippen LogP contribution in [0, 0.1) is 0 Å². The highest BCUT2D eigenvalue weighted by Gasteiger charge is 2.14. The van der Waals surface area contributed by atoms with E-state index in [1.54, 1.807) is 75.1 Å². The van der Waals surface area contributed by atoms with Crippen molar-refractivity contribution in [3.05, 3.63) is 106 Å². The fourth-order valence-electron chi connectivity index (χ4n) is 2.60. The number of benzene rings is 3. The van der Waals surface area contributed by atoms with E-state index >= 15 is 0 Å². The SMILES string of the molecule is CN(/N=C/c1ccc(Cl)cc1)C(=NC(=O)c1ccccc1)N(C)/N=C/c1ccc(Cl)cc1. The predicted octanol–water partition coefficient (Wildman–Crippen LogP) is 5.42. The highest BCUT2D eigenvalue weighted by molar-refractivity contribution is 6.30. The van der Waals surface area contributed by atoms with Crippen LogP contribution in [0.4, 0.5) is 0 Å². The van der Waals surface area contributed by atoms with Gasteiger partial charge in [-0.1, -0.05) is 65.7 Å². The van der Waals surface area contributed by atoms with Gasteiger partial charge in [0.2, 0.25) is 5.96 Å². The van der Waals surface area contributed by atoms with E-state index in [9.17, 15) is 4.79 Å². The predicted molar refractivity (Wildman–Crippen MR) is 132 cm³/mol. The molecule has 0 unspecified atom stereocenters. The van der Waals surface area contributed by atoms with E-state index in [-0.39, 0.29) is 5.96 Å². The Morgan fingerprint density at radius 2 is 1.16 bits per heavy atom. The number of guanidine groups is 1. The molecule has 0 saturated carbocycles. The zero-order chi connectivity index (χ0) is 22.9. The van der Waals surface area contributed by atoms with E-state index in [1.165, 1.54) is 10.0 Å². The van der Waals surface area contributed by atoms with E-state index in [4.69, 9.17) is 23.2 Å². The van der Waals surface area contributed by atoms with Crippen molar-refractivity contribution in [2.45, 2.75) is 0 Å². The molecular formula is C24H21Cl2N5O. The molecule has 0 bridgehead atoms. The maximum absolute atomic E-state index is 12.7. The van der Waals surface area contributed by atoms with E-state index in [2.05, 4.69) is 15.2 Å². The van der Waals surface area contributed by atoms with E-state index in [0.29, 0.717) is 15.6 Å².